The molecule has 14 heavy (non-hydrogen) atoms. The standard InChI is InChI=1S/C10H22N2O2/c1-3-4-9-14-10(13)12-8-6-5-7-11-2/h11H,3-9H2,1-2H3,(H,12,13). The van der Waals surface area contributed by atoms with Crippen LogP contribution in [0.5, 0.6) is 0 Å². The molecule has 0 heterocycles. The molecule has 0 saturated carbocycles. The maximum Gasteiger partial charge on any atom is 0.407 e. The quantitative estimate of drug-likeness (QED) is 0.587. The second-order valence-electron chi connectivity index (χ2n) is 3.23. The van der Waals surface area contributed by atoms with E-state index in [-0.39, 0.29) is 6.09 Å². The van der Waals surface area contributed by atoms with Crippen LogP contribution in [0.4, 0.5) is 4.79 Å². The van der Waals surface area contributed by atoms with Crippen molar-refractivity contribution in [2.24, 2.45) is 0 Å². The van der Waals surface area contributed by atoms with Crippen molar-refractivity contribution in [2.75, 3.05) is 26.7 Å². The van der Waals surface area contributed by atoms with E-state index in [1.54, 1.807) is 0 Å². The molecule has 0 fully saturated rings. The molecule has 0 aliphatic heterocycles. The van der Waals surface area contributed by atoms with Crippen molar-refractivity contribution in [3.63, 3.8) is 0 Å². The highest BCUT2D eigenvalue weighted by atomic mass is 16.5. The van der Waals surface area contributed by atoms with Gasteiger partial charge in [0.25, 0.3) is 0 Å². The first-order valence-electron chi connectivity index (χ1n) is 5.36. The van der Waals surface area contributed by atoms with E-state index in [4.69, 9.17) is 4.74 Å². The van der Waals surface area contributed by atoms with Gasteiger partial charge in [-0.15, -0.1) is 0 Å². The Morgan fingerprint density at radius 1 is 1.21 bits per heavy atom. The molecule has 4 heteroatoms. The summed E-state index contributed by atoms with van der Waals surface area (Å²) >= 11 is 0. The van der Waals surface area contributed by atoms with Crippen LogP contribution in [0.1, 0.15) is 32.6 Å². The third kappa shape index (κ3) is 9.32. The van der Waals surface area contributed by atoms with Crippen molar-refractivity contribution < 1.29 is 9.53 Å². The normalized spacial score (nSPS) is 9.86. The Hall–Kier alpha value is -0.770. The third-order valence-corrected chi connectivity index (χ3v) is 1.85. The minimum atomic E-state index is -0.289. The Morgan fingerprint density at radius 2 is 1.93 bits per heavy atom. The summed E-state index contributed by atoms with van der Waals surface area (Å²) in [5.74, 6) is 0. The molecular weight excluding hydrogens is 180 g/mol. The van der Waals surface area contributed by atoms with Gasteiger partial charge in [-0.05, 0) is 32.9 Å². The fraction of sp³-hybridized carbons (Fsp3) is 0.900. The average Bonchev–Trinajstić information content (AvgIpc) is 2.18. The van der Waals surface area contributed by atoms with E-state index in [0.29, 0.717) is 13.2 Å². The Balaban J connectivity index is 3.10. The minimum Gasteiger partial charge on any atom is -0.450 e. The number of rotatable bonds is 8. The summed E-state index contributed by atoms with van der Waals surface area (Å²) in [5.41, 5.74) is 0. The fourth-order valence-corrected chi connectivity index (χ4v) is 0.977. The molecule has 0 aliphatic carbocycles. The average molecular weight is 202 g/mol. The number of carbonyl (C=O) groups excluding carboxylic acids is 1. The van der Waals surface area contributed by atoms with Gasteiger partial charge in [0, 0.05) is 6.54 Å². The second kappa shape index (κ2) is 10.3. The molecule has 0 saturated heterocycles. The lowest BCUT2D eigenvalue weighted by Crippen LogP contribution is -2.26. The molecule has 0 spiro atoms. The molecule has 4 nitrogen and oxygen atoms in total. The smallest absolute Gasteiger partial charge is 0.407 e. The maximum atomic E-state index is 11.0. The molecule has 84 valence electrons. The van der Waals surface area contributed by atoms with Crippen LogP contribution in [0, 0.1) is 0 Å². The molecular formula is C10H22N2O2. The van der Waals surface area contributed by atoms with Gasteiger partial charge < -0.3 is 15.4 Å². The molecule has 0 unspecified atom stereocenters. The summed E-state index contributed by atoms with van der Waals surface area (Å²) in [4.78, 5) is 11.0. The molecule has 0 aliphatic rings. The van der Waals surface area contributed by atoms with Gasteiger partial charge in [0.05, 0.1) is 6.61 Å². The highest BCUT2D eigenvalue weighted by molar-refractivity contribution is 5.66. The van der Waals surface area contributed by atoms with Crippen molar-refractivity contribution in [2.45, 2.75) is 32.6 Å². The van der Waals surface area contributed by atoms with Crippen molar-refractivity contribution >= 4 is 6.09 Å². The van der Waals surface area contributed by atoms with Crippen LogP contribution < -0.4 is 10.6 Å². The van der Waals surface area contributed by atoms with E-state index >= 15 is 0 Å². The summed E-state index contributed by atoms with van der Waals surface area (Å²) in [6.07, 6.45) is 3.76. The number of alkyl carbamates (subject to hydrolysis) is 1. The first-order chi connectivity index (χ1) is 6.81. The van der Waals surface area contributed by atoms with Crippen molar-refractivity contribution in [1.29, 1.82) is 0 Å². The number of hydrogen-bond donors (Lipinski definition) is 2. The number of ether oxygens (including phenoxy) is 1. The van der Waals surface area contributed by atoms with E-state index in [9.17, 15) is 4.79 Å². The number of hydrogen-bond acceptors (Lipinski definition) is 3. The first kappa shape index (κ1) is 13.2. The van der Waals surface area contributed by atoms with E-state index in [2.05, 4.69) is 17.6 Å². The van der Waals surface area contributed by atoms with Crippen molar-refractivity contribution in [3.05, 3.63) is 0 Å². The SMILES string of the molecule is CCCCOC(=O)NCCCCNC. The van der Waals surface area contributed by atoms with E-state index in [1.165, 1.54) is 0 Å². The fourth-order valence-electron chi connectivity index (χ4n) is 0.977. The number of nitrogens with one attached hydrogen (secondary N) is 2. The summed E-state index contributed by atoms with van der Waals surface area (Å²) in [7, 11) is 1.92. The van der Waals surface area contributed by atoms with E-state index in [0.717, 1.165) is 32.2 Å². The van der Waals surface area contributed by atoms with Gasteiger partial charge in [-0.2, -0.15) is 0 Å². The van der Waals surface area contributed by atoms with Gasteiger partial charge in [0.2, 0.25) is 0 Å². The summed E-state index contributed by atoms with van der Waals surface area (Å²) in [5, 5.41) is 5.77. The van der Waals surface area contributed by atoms with Crippen LogP contribution in [0.3, 0.4) is 0 Å². The van der Waals surface area contributed by atoms with Gasteiger partial charge in [0.1, 0.15) is 0 Å². The molecule has 0 aromatic carbocycles. The highest BCUT2D eigenvalue weighted by Crippen LogP contribution is 1.89. The predicted molar refractivity (Wildman–Crippen MR) is 57.4 cm³/mol. The summed E-state index contributed by atoms with van der Waals surface area (Å²) < 4.78 is 4.92. The van der Waals surface area contributed by atoms with Crippen LogP contribution in [0.15, 0.2) is 0 Å². The Labute approximate surface area is 86.4 Å². The molecule has 0 aromatic rings. The number of amides is 1. The van der Waals surface area contributed by atoms with Crippen molar-refractivity contribution in [3.8, 4) is 0 Å². The van der Waals surface area contributed by atoms with Gasteiger partial charge in [0.15, 0.2) is 0 Å². The summed E-state index contributed by atoms with van der Waals surface area (Å²) in [6, 6.07) is 0. The highest BCUT2D eigenvalue weighted by Gasteiger charge is 1.98. The minimum absolute atomic E-state index is 0.289. The van der Waals surface area contributed by atoms with Crippen LogP contribution in [-0.2, 0) is 4.74 Å². The largest absolute Gasteiger partial charge is 0.450 e. The maximum absolute atomic E-state index is 11.0. The van der Waals surface area contributed by atoms with Crippen LogP contribution >= 0.6 is 0 Å². The van der Waals surface area contributed by atoms with Crippen LogP contribution in [-0.4, -0.2) is 32.8 Å². The first-order valence-corrected chi connectivity index (χ1v) is 5.36. The Morgan fingerprint density at radius 3 is 2.57 bits per heavy atom. The number of unbranched alkanes of at least 4 members (excludes halogenated alkanes) is 2. The zero-order valence-electron chi connectivity index (χ0n) is 9.27. The second-order valence-corrected chi connectivity index (χ2v) is 3.23. The number of carbonyl (C=O) groups is 1. The molecule has 2 N–H and O–H groups in total. The predicted octanol–water partition coefficient (Wildman–Crippen LogP) is 1.51. The Kier molecular flexibility index (Phi) is 9.74. The van der Waals surface area contributed by atoms with Crippen LogP contribution in [0.25, 0.3) is 0 Å². The summed E-state index contributed by atoms with van der Waals surface area (Å²) in [6.45, 7) is 4.29. The monoisotopic (exact) mass is 202 g/mol. The molecule has 0 bridgehead atoms. The topological polar surface area (TPSA) is 50.4 Å². The lowest BCUT2D eigenvalue weighted by atomic mass is 10.3. The van der Waals surface area contributed by atoms with Gasteiger partial charge in [-0.3, -0.25) is 0 Å². The molecule has 0 aromatic heterocycles. The molecule has 0 rings (SSSR count). The van der Waals surface area contributed by atoms with Gasteiger partial charge in [-0.1, -0.05) is 13.3 Å². The molecule has 0 radical (unpaired) electrons. The zero-order chi connectivity index (χ0) is 10.6. The third-order valence-electron chi connectivity index (χ3n) is 1.85. The molecule has 1 amide bonds. The van der Waals surface area contributed by atoms with Gasteiger partial charge in [-0.25, -0.2) is 4.79 Å². The Bertz CT molecular complexity index is 140. The van der Waals surface area contributed by atoms with E-state index < -0.39 is 0 Å². The van der Waals surface area contributed by atoms with Crippen molar-refractivity contribution in [1.82, 2.24) is 10.6 Å². The van der Waals surface area contributed by atoms with E-state index in [1.807, 2.05) is 7.05 Å². The lowest BCUT2D eigenvalue weighted by molar-refractivity contribution is 0.144. The molecule has 0 atom stereocenters. The van der Waals surface area contributed by atoms with Crippen LogP contribution in [0.2, 0.25) is 0 Å². The van der Waals surface area contributed by atoms with Gasteiger partial charge >= 0.3 is 6.09 Å². The zero-order valence-corrected chi connectivity index (χ0v) is 9.27. The lowest BCUT2D eigenvalue weighted by Gasteiger charge is -2.05.